The second kappa shape index (κ2) is 16.0. The molecule has 0 heterocycles. The van der Waals surface area contributed by atoms with Crippen LogP contribution in [0.4, 0.5) is 0 Å². The molecule has 0 fully saturated rings. The molecule has 1 aliphatic rings. The Balaban J connectivity index is 1.14. The van der Waals surface area contributed by atoms with Crippen molar-refractivity contribution >= 4 is 11.7 Å². The molecule has 1 atom stereocenters. The molecule has 0 saturated carbocycles. The van der Waals surface area contributed by atoms with E-state index in [0.717, 1.165) is 34.1 Å². The van der Waals surface area contributed by atoms with Crippen LogP contribution >= 0.6 is 0 Å². The molecule has 0 radical (unpaired) electrons. The van der Waals surface area contributed by atoms with Crippen molar-refractivity contribution in [3.05, 3.63) is 156 Å². The summed E-state index contributed by atoms with van der Waals surface area (Å²) in [4.78, 5) is 13.1. The van der Waals surface area contributed by atoms with E-state index < -0.39 is 12.1 Å². The lowest BCUT2D eigenvalue weighted by atomic mass is 10.0. The van der Waals surface area contributed by atoms with Gasteiger partial charge in [0.05, 0.1) is 13.2 Å². The number of hydrogen-bond donors (Lipinski definition) is 0. The van der Waals surface area contributed by atoms with E-state index in [1.54, 1.807) is 6.08 Å². The molecule has 0 saturated heterocycles. The molecule has 0 spiro atoms. The molecule has 5 rings (SSSR count). The number of esters is 1. The number of carbonyl (C=O) groups is 1. The first kappa shape index (κ1) is 30.4. The van der Waals surface area contributed by atoms with Gasteiger partial charge in [0, 0.05) is 17.6 Å². The smallest absolute Gasteiger partial charge is 0.334 e. The van der Waals surface area contributed by atoms with Crippen LogP contribution in [0.2, 0.25) is 0 Å². The summed E-state index contributed by atoms with van der Waals surface area (Å²) in [5.74, 6) is 3.25. The Hall–Kier alpha value is -5.07. The number of carbonyl (C=O) groups excluding carboxylic acids is 1. The van der Waals surface area contributed by atoms with Gasteiger partial charge in [-0.2, -0.15) is 0 Å². The predicted molar refractivity (Wildman–Crippen MR) is 171 cm³/mol. The summed E-state index contributed by atoms with van der Waals surface area (Å²) >= 11 is 0. The van der Waals surface area contributed by atoms with Crippen molar-refractivity contribution in [3.63, 3.8) is 0 Å². The van der Waals surface area contributed by atoms with Crippen molar-refractivity contribution in [3.8, 4) is 17.2 Å². The average molecular weight is 589 g/mol. The summed E-state index contributed by atoms with van der Waals surface area (Å²) in [6.07, 6.45) is 4.79. The van der Waals surface area contributed by atoms with Gasteiger partial charge in [0.2, 0.25) is 0 Å². The minimum Gasteiger partial charge on any atom is -0.490 e. The zero-order valence-corrected chi connectivity index (χ0v) is 24.6. The van der Waals surface area contributed by atoms with Gasteiger partial charge in [0.25, 0.3) is 0 Å². The van der Waals surface area contributed by atoms with E-state index in [9.17, 15) is 4.79 Å². The summed E-state index contributed by atoms with van der Waals surface area (Å²) in [5, 5.41) is 0. The minimum absolute atomic E-state index is 0.122. The first-order valence-electron chi connectivity index (χ1n) is 14.7. The molecule has 0 aliphatic heterocycles. The van der Waals surface area contributed by atoms with Crippen LogP contribution in [0, 0.1) is 0 Å². The van der Waals surface area contributed by atoms with Gasteiger partial charge in [-0.1, -0.05) is 85.4 Å². The molecule has 1 unspecified atom stereocenters. The summed E-state index contributed by atoms with van der Waals surface area (Å²) in [6.45, 7) is 4.80. The zero-order chi connectivity index (χ0) is 30.4. The van der Waals surface area contributed by atoms with Gasteiger partial charge in [-0.05, 0) is 67.0 Å². The lowest BCUT2D eigenvalue weighted by Gasteiger charge is -2.21. The van der Waals surface area contributed by atoms with Gasteiger partial charge in [0.15, 0.2) is 6.10 Å². The van der Waals surface area contributed by atoms with E-state index in [4.69, 9.17) is 23.7 Å². The van der Waals surface area contributed by atoms with Crippen LogP contribution in [0.5, 0.6) is 17.2 Å². The molecular formula is C38H36O6. The van der Waals surface area contributed by atoms with Gasteiger partial charge >= 0.3 is 5.97 Å². The van der Waals surface area contributed by atoms with Crippen LogP contribution in [0.15, 0.2) is 145 Å². The quantitative estimate of drug-likeness (QED) is 0.0791. The monoisotopic (exact) mass is 588 g/mol. The first-order chi connectivity index (χ1) is 21.6. The molecular weight excluding hydrogens is 552 g/mol. The van der Waals surface area contributed by atoms with Crippen molar-refractivity contribution < 1.29 is 28.5 Å². The largest absolute Gasteiger partial charge is 0.490 e. The summed E-state index contributed by atoms with van der Waals surface area (Å²) in [5.41, 5.74) is 2.56. The van der Waals surface area contributed by atoms with Gasteiger partial charge in [-0.15, -0.1) is 0 Å². The molecule has 0 aromatic heterocycles. The first-order valence-corrected chi connectivity index (χ1v) is 14.7. The summed E-state index contributed by atoms with van der Waals surface area (Å²) in [7, 11) is 0. The second-order valence-corrected chi connectivity index (χ2v) is 10.3. The molecule has 0 bridgehead atoms. The molecule has 6 heteroatoms. The number of benzene rings is 4. The average Bonchev–Trinajstić information content (AvgIpc) is 3.07. The van der Waals surface area contributed by atoms with Gasteiger partial charge in [-0.25, -0.2) is 4.79 Å². The van der Waals surface area contributed by atoms with E-state index in [2.05, 4.69) is 6.58 Å². The van der Waals surface area contributed by atoms with Crippen LogP contribution in [-0.2, 0) is 25.4 Å². The highest BCUT2D eigenvalue weighted by Gasteiger charge is 2.22. The highest BCUT2D eigenvalue weighted by atomic mass is 16.6. The maximum absolute atomic E-state index is 13.1. The molecule has 0 amide bonds. The molecule has 4 aromatic rings. The number of allylic oxidation sites excluding steroid dienone is 3. The molecule has 0 N–H and O–H groups in total. The molecule has 4 aromatic carbocycles. The standard InChI is InChI=1S/C38H36O6/c1-29(31-11-5-2-6-12-31)41-28-37(44-38(39)32-19-23-36(24-20-32)43-34-15-9-4-10-16-34)27-40-26-25-30-17-21-35(22-18-30)42-33-13-7-3-8-14-33/h2-19,21-23,37H,1,20,24-28H2. The van der Waals surface area contributed by atoms with Crippen LogP contribution in [-0.4, -0.2) is 31.9 Å². The minimum atomic E-state index is -0.614. The SMILES string of the molecule is C=C(OCC(COCCc1ccc(Oc2ccccc2)cc1)OC(=O)C1=CC=C(Oc2ccccc2)CC1)c1ccccc1. The van der Waals surface area contributed by atoms with Crippen LogP contribution in [0.3, 0.4) is 0 Å². The molecule has 6 nitrogen and oxygen atoms in total. The fourth-order valence-electron chi connectivity index (χ4n) is 4.51. The topological polar surface area (TPSA) is 63.2 Å². The predicted octanol–water partition coefficient (Wildman–Crippen LogP) is 8.32. The maximum Gasteiger partial charge on any atom is 0.334 e. The van der Waals surface area contributed by atoms with E-state index in [1.807, 2.05) is 121 Å². The second-order valence-electron chi connectivity index (χ2n) is 10.3. The molecule has 224 valence electrons. The number of rotatable bonds is 15. The third-order valence-corrected chi connectivity index (χ3v) is 6.92. The Bertz CT molecular complexity index is 1540. The third-order valence-electron chi connectivity index (χ3n) is 6.92. The normalized spacial score (nSPS) is 13.2. The lowest BCUT2D eigenvalue weighted by Crippen LogP contribution is -2.29. The van der Waals surface area contributed by atoms with Gasteiger partial charge in [0.1, 0.15) is 35.4 Å². The molecule has 44 heavy (non-hydrogen) atoms. The summed E-state index contributed by atoms with van der Waals surface area (Å²) in [6, 6.07) is 36.8. The zero-order valence-electron chi connectivity index (χ0n) is 24.6. The van der Waals surface area contributed by atoms with E-state index in [1.165, 1.54) is 0 Å². The Morgan fingerprint density at radius 3 is 1.93 bits per heavy atom. The van der Waals surface area contributed by atoms with Crippen molar-refractivity contribution in [1.29, 1.82) is 0 Å². The fraction of sp³-hybridized carbons (Fsp3) is 0.184. The number of para-hydroxylation sites is 2. The Labute approximate surface area is 258 Å². The van der Waals surface area contributed by atoms with Crippen LogP contribution in [0.1, 0.15) is 24.0 Å². The third kappa shape index (κ3) is 9.48. The van der Waals surface area contributed by atoms with Crippen LogP contribution in [0.25, 0.3) is 5.76 Å². The Morgan fingerprint density at radius 2 is 1.30 bits per heavy atom. The summed E-state index contributed by atoms with van der Waals surface area (Å²) < 4.78 is 29.5. The fourth-order valence-corrected chi connectivity index (χ4v) is 4.51. The van der Waals surface area contributed by atoms with E-state index >= 15 is 0 Å². The lowest BCUT2D eigenvalue weighted by molar-refractivity contribution is -0.150. The Kier molecular flexibility index (Phi) is 11.0. The van der Waals surface area contributed by atoms with Crippen molar-refractivity contribution in [2.75, 3.05) is 19.8 Å². The van der Waals surface area contributed by atoms with Crippen molar-refractivity contribution in [2.45, 2.75) is 25.4 Å². The van der Waals surface area contributed by atoms with Crippen LogP contribution < -0.4 is 9.47 Å². The molecule has 1 aliphatic carbocycles. The van der Waals surface area contributed by atoms with Gasteiger partial charge in [-0.3, -0.25) is 0 Å². The maximum atomic E-state index is 13.1. The van der Waals surface area contributed by atoms with Gasteiger partial charge < -0.3 is 23.7 Å². The number of hydrogen-bond acceptors (Lipinski definition) is 6. The van der Waals surface area contributed by atoms with E-state index in [-0.39, 0.29) is 13.2 Å². The van der Waals surface area contributed by atoms with Crippen molar-refractivity contribution in [2.24, 2.45) is 0 Å². The Morgan fingerprint density at radius 1 is 0.682 bits per heavy atom. The van der Waals surface area contributed by atoms with E-state index in [0.29, 0.717) is 37.2 Å². The van der Waals surface area contributed by atoms with Crippen molar-refractivity contribution in [1.82, 2.24) is 0 Å². The number of ether oxygens (including phenoxy) is 5. The highest BCUT2D eigenvalue weighted by Crippen LogP contribution is 2.24. The highest BCUT2D eigenvalue weighted by molar-refractivity contribution is 5.89.